The van der Waals surface area contributed by atoms with Gasteiger partial charge in [0.05, 0.1) is 0 Å². The van der Waals surface area contributed by atoms with Crippen LogP contribution in [0.3, 0.4) is 0 Å². The second kappa shape index (κ2) is 7.83. The maximum atomic E-state index is 11.6. The summed E-state index contributed by atoms with van der Waals surface area (Å²) < 4.78 is 5.64. The fourth-order valence-corrected chi connectivity index (χ4v) is 1.85. The summed E-state index contributed by atoms with van der Waals surface area (Å²) in [5.74, 6) is 0.0379. The smallest absolute Gasteiger partial charge is 0.224 e. The van der Waals surface area contributed by atoms with Gasteiger partial charge in [0, 0.05) is 18.1 Å². The molecule has 0 aliphatic heterocycles. The van der Waals surface area contributed by atoms with Gasteiger partial charge in [0.1, 0.15) is 11.5 Å². The molecule has 0 aliphatic rings. The Balaban J connectivity index is 1.84. The van der Waals surface area contributed by atoms with Gasteiger partial charge in [-0.05, 0) is 49.2 Å². The van der Waals surface area contributed by atoms with E-state index in [1.807, 2.05) is 30.3 Å². The lowest BCUT2D eigenvalue weighted by molar-refractivity contribution is -0.305. The Morgan fingerprint density at radius 2 is 1.55 bits per heavy atom. The topological polar surface area (TPSA) is 78.5 Å². The van der Waals surface area contributed by atoms with Crippen molar-refractivity contribution in [3.8, 4) is 11.5 Å². The van der Waals surface area contributed by atoms with E-state index in [-0.39, 0.29) is 25.2 Å². The summed E-state index contributed by atoms with van der Waals surface area (Å²) in [7, 11) is 0. The van der Waals surface area contributed by atoms with Crippen molar-refractivity contribution in [1.29, 1.82) is 0 Å². The van der Waals surface area contributed by atoms with Crippen LogP contribution in [0.4, 0.5) is 5.69 Å². The number of hydrogen-bond donors (Lipinski definition) is 1. The average molecular weight is 298 g/mol. The SMILES string of the molecule is O=C([O-])CCCC(=O)Nc1ccc(Oc2ccccc2)cc1. The number of carboxylic acids is 1. The Morgan fingerprint density at radius 3 is 2.18 bits per heavy atom. The van der Waals surface area contributed by atoms with Gasteiger partial charge in [-0.3, -0.25) is 4.79 Å². The molecule has 0 bridgehead atoms. The highest BCUT2D eigenvalue weighted by Gasteiger charge is 2.03. The molecular weight excluding hydrogens is 282 g/mol. The zero-order valence-corrected chi connectivity index (χ0v) is 12.0. The molecule has 1 N–H and O–H groups in total. The van der Waals surface area contributed by atoms with Crippen molar-refractivity contribution in [3.63, 3.8) is 0 Å². The monoisotopic (exact) mass is 298 g/mol. The number of nitrogens with one attached hydrogen (secondary N) is 1. The molecule has 2 rings (SSSR count). The van der Waals surface area contributed by atoms with Crippen LogP contribution in [0.1, 0.15) is 19.3 Å². The lowest BCUT2D eigenvalue weighted by atomic mass is 10.2. The number of hydrogen-bond acceptors (Lipinski definition) is 4. The third-order valence-corrected chi connectivity index (χ3v) is 2.90. The normalized spacial score (nSPS) is 10.0. The van der Waals surface area contributed by atoms with E-state index in [1.54, 1.807) is 24.3 Å². The van der Waals surface area contributed by atoms with Gasteiger partial charge in [-0.2, -0.15) is 0 Å². The van der Waals surface area contributed by atoms with E-state index in [4.69, 9.17) is 4.74 Å². The molecule has 22 heavy (non-hydrogen) atoms. The third kappa shape index (κ3) is 5.28. The number of para-hydroxylation sites is 1. The predicted molar refractivity (Wildman–Crippen MR) is 80.4 cm³/mol. The van der Waals surface area contributed by atoms with E-state index in [0.717, 1.165) is 5.75 Å². The fourth-order valence-electron chi connectivity index (χ4n) is 1.85. The van der Waals surface area contributed by atoms with Crippen LogP contribution in [0.15, 0.2) is 54.6 Å². The molecule has 1 amide bonds. The molecule has 0 saturated heterocycles. The zero-order chi connectivity index (χ0) is 15.8. The summed E-state index contributed by atoms with van der Waals surface area (Å²) >= 11 is 0. The predicted octanol–water partition coefficient (Wildman–Crippen LogP) is 2.34. The van der Waals surface area contributed by atoms with E-state index in [9.17, 15) is 14.7 Å². The summed E-state index contributed by atoms with van der Waals surface area (Å²) in [4.78, 5) is 21.9. The van der Waals surface area contributed by atoms with Crippen LogP contribution in [-0.2, 0) is 9.59 Å². The molecule has 0 heterocycles. The molecule has 2 aromatic carbocycles. The lowest BCUT2D eigenvalue weighted by Gasteiger charge is -2.08. The highest BCUT2D eigenvalue weighted by molar-refractivity contribution is 5.90. The summed E-state index contributed by atoms with van der Waals surface area (Å²) in [5, 5.41) is 13.0. The maximum absolute atomic E-state index is 11.6. The van der Waals surface area contributed by atoms with E-state index in [0.29, 0.717) is 11.4 Å². The van der Waals surface area contributed by atoms with Gasteiger partial charge in [-0.25, -0.2) is 0 Å². The Kier molecular flexibility index (Phi) is 5.54. The number of carbonyl (C=O) groups is 2. The number of amides is 1. The first-order valence-corrected chi connectivity index (χ1v) is 6.96. The second-order valence-corrected chi connectivity index (χ2v) is 4.71. The second-order valence-electron chi connectivity index (χ2n) is 4.71. The molecule has 0 fully saturated rings. The highest BCUT2D eigenvalue weighted by Crippen LogP contribution is 2.22. The van der Waals surface area contributed by atoms with Crippen molar-refractivity contribution in [2.45, 2.75) is 19.3 Å². The van der Waals surface area contributed by atoms with Crippen LogP contribution < -0.4 is 15.2 Å². The quantitative estimate of drug-likeness (QED) is 0.851. The summed E-state index contributed by atoms with van der Waals surface area (Å²) in [6, 6.07) is 16.4. The molecule has 0 radical (unpaired) electrons. The number of benzene rings is 2. The first kappa shape index (κ1) is 15.6. The van der Waals surface area contributed by atoms with E-state index in [1.165, 1.54) is 0 Å². The van der Waals surface area contributed by atoms with Crippen molar-refractivity contribution in [3.05, 3.63) is 54.6 Å². The van der Waals surface area contributed by atoms with Gasteiger partial charge in [-0.1, -0.05) is 18.2 Å². The largest absolute Gasteiger partial charge is 0.550 e. The van der Waals surface area contributed by atoms with Crippen LogP contribution in [0.25, 0.3) is 0 Å². The number of ether oxygens (including phenoxy) is 1. The Hall–Kier alpha value is -2.82. The van der Waals surface area contributed by atoms with Crippen LogP contribution in [0.2, 0.25) is 0 Å². The Labute approximate surface area is 128 Å². The fraction of sp³-hybridized carbons (Fsp3) is 0.176. The highest BCUT2D eigenvalue weighted by atomic mass is 16.5. The minimum Gasteiger partial charge on any atom is -0.550 e. The lowest BCUT2D eigenvalue weighted by Crippen LogP contribution is -2.22. The van der Waals surface area contributed by atoms with Crippen LogP contribution >= 0.6 is 0 Å². The molecule has 0 saturated carbocycles. The number of aliphatic carboxylic acids is 1. The Morgan fingerprint density at radius 1 is 0.909 bits per heavy atom. The molecule has 0 aromatic heterocycles. The number of anilines is 1. The molecule has 0 unspecified atom stereocenters. The zero-order valence-electron chi connectivity index (χ0n) is 12.0. The molecule has 0 aliphatic carbocycles. The van der Waals surface area contributed by atoms with Crippen molar-refractivity contribution >= 4 is 17.6 Å². The van der Waals surface area contributed by atoms with Crippen molar-refractivity contribution in [2.75, 3.05) is 5.32 Å². The molecule has 5 heteroatoms. The minimum absolute atomic E-state index is 0.114. The van der Waals surface area contributed by atoms with Crippen molar-refractivity contribution < 1.29 is 19.4 Å². The van der Waals surface area contributed by atoms with Crippen molar-refractivity contribution in [2.24, 2.45) is 0 Å². The minimum atomic E-state index is -1.14. The molecular formula is C17H16NO4-. The average Bonchev–Trinajstić information content (AvgIpc) is 2.50. The van der Waals surface area contributed by atoms with Gasteiger partial charge in [0.25, 0.3) is 0 Å². The van der Waals surface area contributed by atoms with Crippen molar-refractivity contribution in [1.82, 2.24) is 0 Å². The molecule has 5 nitrogen and oxygen atoms in total. The summed E-state index contributed by atoms with van der Waals surface area (Å²) in [6.07, 6.45) is 0.302. The number of rotatable bonds is 7. The number of carboxylic acid groups (broad SMARTS) is 1. The van der Waals surface area contributed by atoms with Gasteiger partial charge in [-0.15, -0.1) is 0 Å². The van der Waals surface area contributed by atoms with Gasteiger partial charge in [0.15, 0.2) is 0 Å². The molecule has 0 spiro atoms. The van der Waals surface area contributed by atoms with Crippen LogP contribution in [-0.4, -0.2) is 11.9 Å². The van der Waals surface area contributed by atoms with E-state index < -0.39 is 5.97 Å². The summed E-state index contributed by atoms with van der Waals surface area (Å²) in [6.45, 7) is 0. The standard InChI is InChI=1S/C17H17NO4/c19-16(7-4-8-17(20)21)18-13-9-11-15(12-10-13)22-14-5-2-1-3-6-14/h1-3,5-6,9-12H,4,7-8H2,(H,18,19)(H,20,21)/p-1. The first-order chi connectivity index (χ1) is 10.6. The van der Waals surface area contributed by atoms with E-state index in [2.05, 4.69) is 5.32 Å². The van der Waals surface area contributed by atoms with E-state index >= 15 is 0 Å². The Bertz CT molecular complexity index is 623. The molecule has 0 atom stereocenters. The van der Waals surface area contributed by atoms with Gasteiger partial charge in [0.2, 0.25) is 5.91 Å². The maximum Gasteiger partial charge on any atom is 0.224 e. The van der Waals surface area contributed by atoms with Gasteiger partial charge < -0.3 is 20.0 Å². The first-order valence-electron chi connectivity index (χ1n) is 6.96. The summed E-state index contributed by atoms with van der Waals surface area (Å²) in [5.41, 5.74) is 0.638. The third-order valence-electron chi connectivity index (χ3n) is 2.90. The number of carbonyl (C=O) groups excluding carboxylic acids is 2. The molecule has 2 aromatic rings. The van der Waals surface area contributed by atoms with Crippen LogP contribution in [0, 0.1) is 0 Å². The van der Waals surface area contributed by atoms with Gasteiger partial charge >= 0.3 is 0 Å². The van der Waals surface area contributed by atoms with Crippen LogP contribution in [0.5, 0.6) is 11.5 Å². The molecule has 114 valence electrons.